The van der Waals surface area contributed by atoms with Gasteiger partial charge >= 0.3 is 5.97 Å². The zero-order valence-corrected chi connectivity index (χ0v) is 58.8. The van der Waals surface area contributed by atoms with Gasteiger partial charge in [-0.1, -0.05) is 130 Å². The lowest BCUT2D eigenvalue weighted by molar-refractivity contribution is -0.163. The molecule has 13 nitrogen and oxygen atoms in total. The number of allylic oxidation sites excluding steroid dienone is 2. The Morgan fingerprint density at radius 3 is 1.94 bits per heavy atom. The number of halogens is 2. The van der Waals surface area contributed by atoms with E-state index in [1.54, 1.807) is 20.3 Å². The molecule has 89 heavy (non-hydrogen) atoms. The van der Waals surface area contributed by atoms with Crippen LogP contribution in [0.15, 0.2) is 122 Å². The van der Waals surface area contributed by atoms with Gasteiger partial charge < -0.3 is 47.1 Å². The van der Waals surface area contributed by atoms with Crippen molar-refractivity contribution < 1.29 is 51.9 Å². The third kappa shape index (κ3) is 16.7. The number of rotatable bonds is 29. The Labute approximate surface area is 543 Å². The van der Waals surface area contributed by atoms with Gasteiger partial charge in [0.05, 0.1) is 49.5 Å². The van der Waals surface area contributed by atoms with Crippen molar-refractivity contribution >= 4 is 72.7 Å². The fourth-order valence-corrected chi connectivity index (χ4v) is 13.9. The molecule has 7 aromatic rings. The van der Waals surface area contributed by atoms with E-state index < -0.39 is 45.8 Å². The number of aromatic nitrogens is 2. The van der Waals surface area contributed by atoms with Crippen LogP contribution in [0.4, 0.5) is 0 Å². The van der Waals surface area contributed by atoms with E-state index in [2.05, 4.69) is 66.2 Å². The van der Waals surface area contributed by atoms with Crippen LogP contribution in [-0.4, -0.2) is 97.6 Å². The van der Waals surface area contributed by atoms with Gasteiger partial charge in [-0.3, -0.25) is 0 Å². The molecule has 0 N–H and O–H groups in total. The van der Waals surface area contributed by atoms with Crippen LogP contribution in [0.1, 0.15) is 99.1 Å². The number of fused-ring (bicyclic) bond motifs is 1. The summed E-state index contributed by atoms with van der Waals surface area (Å²) in [6.07, 6.45) is 6.21. The van der Waals surface area contributed by atoms with Crippen molar-refractivity contribution in [3.8, 4) is 45.8 Å². The summed E-state index contributed by atoms with van der Waals surface area (Å²) in [5.74, 6) is 2.46. The maximum atomic E-state index is 14.8. The minimum Gasteiger partial charge on any atom is -0.543 e. The molecule has 8 rings (SSSR count). The van der Waals surface area contributed by atoms with Gasteiger partial charge in [-0.05, 0) is 159 Å². The molecule has 1 aliphatic carbocycles. The molecule has 18 heteroatoms. The Kier molecular flexibility index (Phi) is 22.7. The highest BCUT2D eigenvalue weighted by atomic mass is 35.5. The summed E-state index contributed by atoms with van der Waals surface area (Å²) in [5.41, 5.74) is 5.30. The molecule has 0 spiro atoms. The molecule has 1 unspecified atom stereocenters. The molecule has 2 atom stereocenters. The van der Waals surface area contributed by atoms with Gasteiger partial charge in [-0.25, -0.2) is 14.8 Å². The van der Waals surface area contributed by atoms with Crippen LogP contribution in [0.2, 0.25) is 53.9 Å². The van der Waals surface area contributed by atoms with E-state index in [1.165, 1.54) is 17.7 Å². The van der Waals surface area contributed by atoms with E-state index >= 15 is 0 Å². The number of esters is 1. The van der Waals surface area contributed by atoms with Gasteiger partial charge in [0.1, 0.15) is 51.5 Å². The number of carbonyl (C=O) groups is 1. The zero-order chi connectivity index (χ0) is 64.5. The topological polar surface area (TPSA) is 135 Å². The molecule has 2 aromatic heterocycles. The number of benzene rings is 5. The SMILES string of the molecule is C=CCOC[C@H](COC(c1ccccc1)(c1ccc(OC)cc1)c1ccc(OC)cc1)Oc1c(Cl)c(C)c(-c2c(C3=CCCC3)sc3ncnc(OC(Cc4cc(O[Si](C)(C)C(C)(C)C)ccc4OCOCC[Si](C)(C)C)C(=O)OC(C)(C)C)c23)c(C)c1Cl. The Morgan fingerprint density at radius 1 is 0.764 bits per heavy atom. The summed E-state index contributed by atoms with van der Waals surface area (Å²) >= 11 is 16.9. The molecule has 0 fully saturated rings. The predicted octanol–water partition coefficient (Wildman–Crippen LogP) is 18.2. The zero-order valence-electron chi connectivity index (χ0n) is 54.5. The highest BCUT2D eigenvalue weighted by Gasteiger charge is 2.41. The molecule has 476 valence electrons. The first kappa shape index (κ1) is 68.7. The first-order chi connectivity index (χ1) is 42.2. The average Bonchev–Trinajstić information content (AvgIpc) is 1.72. The number of hydrogen-bond donors (Lipinski definition) is 0. The summed E-state index contributed by atoms with van der Waals surface area (Å²) in [6.45, 7) is 32.2. The summed E-state index contributed by atoms with van der Waals surface area (Å²) in [4.78, 5) is 26.2. The highest BCUT2D eigenvalue weighted by molar-refractivity contribution is 7.20. The van der Waals surface area contributed by atoms with E-state index in [0.29, 0.717) is 56.5 Å². The van der Waals surface area contributed by atoms with Crippen molar-refractivity contribution in [3.05, 3.63) is 170 Å². The minimum absolute atomic E-state index is 0.00892. The standard InChI is InChI=1S/C71H88Cl2N2O11SSi2/c1-17-37-79-42-56(43-82-71(50-25-19-18-20-26-50,51-27-31-53(77-10)32-28-51)52-29-33-54(78-11)34-30-52)83-64-62(72)46(2)59(47(3)63(64)73)60-61-66(74-44-75-67(61)87-65(60)48-23-21-22-24-48)84-58(68(76)85-69(4,5)6)41-49-40-55(86-89(15,16)70(7,8)9)35-36-57(49)81-45-80-38-39-88(12,13)14/h17-20,23,25-36,40,44,56,58H,1,21-22,24,37-39,41-43,45H2,2-16H3/t56-,58?/m1/s1. The van der Waals surface area contributed by atoms with Crippen LogP contribution in [0.25, 0.3) is 26.9 Å². The molecule has 0 bridgehead atoms. The molecule has 0 saturated carbocycles. The number of methoxy groups -OCH3 is 2. The van der Waals surface area contributed by atoms with Gasteiger partial charge in [0, 0.05) is 37.1 Å². The molecular formula is C71H88Cl2N2O11SSi2. The second-order valence-electron chi connectivity index (χ2n) is 26.2. The summed E-state index contributed by atoms with van der Waals surface area (Å²) < 4.78 is 64.4. The normalized spacial score (nSPS) is 13.8. The van der Waals surface area contributed by atoms with E-state index in [-0.39, 0.29) is 59.7 Å². The molecule has 0 saturated heterocycles. The van der Waals surface area contributed by atoms with Gasteiger partial charge in [0.2, 0.25) is 20.3 Å². The first-order valence-electron chi connectivity index (χ1n) is 30.4. The van der Waals surface area contributed by atoms with Gasteiger partial charge in [0.15, 0.2) is 12.5 Å². The van der Waals surface area contributed by atoms with E-state index in [1.807, 2.05) is 132 Å². The van der Waals surface area contributed by atoms with Gasteiger partial charge in [0.25, 0.3) is 0 Å². The van der Waals surface area contributed by atoms with Gasteiger partial charge in [-0.2, -0.15) is 0 Å². The number of carbonyl (C=O) groups excluding carboxylic acids is 1. The largest absolute Gasteiger partial charge is 0.543 e. The van der Waals surface area contributed by atoms with Crippen LogP contribution in [0.5, 0.6) is 34.6 Å². The lowest BCUT2D eigenvalue weighted by atomic mass is 9.80. The predicted molar refractivity (Wildman–Crippen MR) is 366 cm³/mol. The first-order valence-corrected chi connectivity index (χ1v) is 38.6. The van der Waals surface area contributed by atoms with Crippen LogP contribution in [0, 0.1) is 13.8 Å². The van der Waals surface area contributed by atoms with Crippen LogP contribution in [0.3, 0.4) is 0 Å². The average molecular weight is 1300 g/mol. The lowest BCUT2D eigenvalue weighted by Gasteiger charge is -2.37. The Hall–Kier alpha value is -6.22. The smallest absolute Gasteiger partial charge is 0.348 e. The fraction of sp³-hybridized carbons (Fsp3) is 0.423. The molecule has 0 radical (unpaired) electrons. The van der Waals surface area contributed by atoms with Crippen LogP contribution < -0.4 is 28.1 Å². The summed E-state index contributed by atoms with van der Waals surface area (Å²) in [5, 5.41) is 1.10. The van der Waals surface area contributed by atoms with E-state index in [0.717, 1.165) is 63.6 Å². The number of thiophene rings is 1. The third-order valence-corrected chi connectivity index (χ3v) is 24.3. The van der Waals surface area contributed by atoms with Gasteiger partial charge in [-0.15, -0.1) is 17.9 Å². The monoisotopic (exact) mass is 1300 g/mol. The number of hydrogen-bond acceptors (Lipinski definition) is 14. The van der Waals surface area contributed by atoms with Crippen molar-refractivity contribution in [3.63, 3.8) is 0 Å². The molecule has 0 amide bonds. The van der Waals surface area contributed by atoms with Crippen molar-refractivity contribution in [1.82, 2.24) is 9.97 Å². The Morgan fingerprint density at radius 2 is 1.38 bits per heavy atom. The van der Waals surface area contributed by atoms with Crippen LogP contribution >= 0.6 is 34.5 Å². The Bertz CT molecular complexity index is 3520. The maximum Gasteiger partial charge on any atom is 0.348 e. The van der Waals surface area contributed by atoms with Crippen LogP contribution in [-0.2, 0) is 35.8 Å². The van der Waals surface area contributed by atoms with E-state index in [4.69, 9.17) is 80.2 Å². The third-order valence-electron chi connectivity index (χ3n) is 16.2. The second kappa shape index (κ2) is 29.4. The summed E-state index contributed by atoms with van der Waals surface area (Å²) in [6, 6.07) is 32.5. The maximum absolute atomic E-state index is 14.8. The van der Waals surface area contributed by atoms with Crippen molar-refractivity contribution in [1.29, 1.82) is 0 Å². The minimum atomic E-state index is -2.31. The second-order valence-corrected chi connectivity index (χ2v) is 38.3. The highest BCUT2D eigenvalue weighted by Crippen LogP contribution is 2.53. The molecule has 0 aliphatic heterocycles. The van der Waals surface area contributed by atoms with E-state index in [9.17, 15) is 4.79 Å². The molecule has 5 aromatic carbocycles. The number of nitrogens with zero attached hydrogens (tertiary/aromatic N) is 2. The van der Waals surface area contributed by atoms with Crippen molar-refractivity contribution in [2.75, 3.05) is 47.4 Å². The lowest BCUT2D eigenvalue weighted by Crippen LogP contribution is -2.43. The Balaban J connectivity index is 1.23. The molecule has 1 aliphatic rings. The van der Waals surface area contributed by atoms with Crippen molar-refractivity contribution in [2.45, 2.75) is 148 Å². The van der Waals surface area contributed by atoms with Crippen molar-refractivity contribution in [2.24, 2.45) is 0 Å². The quantitative estimate of drug-likeness (QED) is 0.0110. The summed E-state index contributed by atoms with van der Waals surface area (Å²) in [7, 11) is -0.390. The fourth-order valence-electron chi connectivity index (χ4n) is 10.4. The molecular weight excluding hydrogens is 1220 g/mol. The molecule has 2 heterocycles. The number of ether oxygens (including phenoxy) is 9.